The van der Waals surface area contributed by atoms with E-state index < -0.39 is 0 Å². The molecule has 2 rings (SSSR count). The zero-order chi connectivity index (χ0) is 13.1. The lowest BCUT2D eigenvalue weighted by molar-refractivity contribution is 1.23. The monoisotopic (exact) mass is 318 g/mol. The van der Waals surface area contributed by atoms with Gasteiger partial charge < -0.3 is 0 Å². The zero-order valence-corrected chi connectivity index (χ0v) is 11.9. The molecule has 2 aromatic rings. The summed E-state index contributed by atoms with van der Waals surface area (Å²) in [6, 6.07) is 10.7. The van der Waals surface area contributed by atoms with Gasteiger partial charge in [0.2, 0.25) is 0 Å². The van der Waals surface area contributed by atoms with Crippen LogP contribution in [0, 0.1) is 0 Å². The zero-order valence-electron chi connectivity index (χ0n) is 8.87. The first kappa shape index (κ1) is 13.6. The smallest absolute Gasteiger partial charge is 0.124 e. The Morgan fingerprint density at radius 1 is 0.722 bits per heavy atom. The van der Waals surface area contributed by atoms with Gasteiger partial charge in [-0.05, 0) is 18.2 Å². The number of azo groups is 1. The molecule has 0 amide bonds. The van der Waals surface area contributed by atoms with Crippen LogP contribution in [-0.2, 0) is 0 Å². The molecule has 92 valence electrons. The van der Waals surface area contributed by atoms with Gasteiger partial charge in [-0.1, -0.05) is 64.6 Å². The molecule has 0 fully saturated rings. The minimum absolute atomic E-state index is 0.189. The van der Waals surface area contributed by atoms with Crippen molar-refractivity contribution in [1.82, 2.24) is 0 Å². The summed E-state index contributed by atoms with van der Waals surface area (Å²) >= 11 is 23.8. The molecule has 0 spiro atoms. The highest BCUT2D eigenvalue weighted by Gasteiger charge is 2.13. The Morgan fingerprint density at radius 3 is 2.06 bits per heavy atom. The molecule has 0 bridgehead atoms. The molecule has 2 nitrogen and oxygen atoms in total. The summed E-state index contributed by atoms with van der Waals surface area (Å²) in [6.45, 7) is 0. The maximum absolute atomic E-state index is 6.02. The Kier molecular flexibility index (Phi) is 4.46. The molecule has 18 heavy (non-hydrogen) atoms. The minimum atomic E-state index is 0.189. The molecule has 0 heterocycles. The van der Waals surface area contributed by atoms with Crippen LogP contribution in [0.15, 0.2) is 46.6 Å². The molecule has 2 aromatic carbocycles. The predicted molar refractivity (Wildman–Crippen MR) is 77.1 cm³/mol. The van der Waals surface area contributed by atoms with Crippen LogP contribution < -0.4 is 0 Å². The van der Waals surface area contributed by atoms with Gasteiger partial charge in [0, 0.05) is 0 Å². The average molecular weight is 320 g/mol. The molecule has 0 unspecified atom stereocenters. The molecule has 0 N–H and O–H groups in total. The number of rotatable bonds is 2. The molecule has 0 saturated heterocycles. The van der Waals surface area contributed by atoms with Gasteiger partial charge in [0.25, 0.3) is 0 Å². The lowest BCUT2D eigenvalue weighted by Crippen LogP contribution is -1.76. The van der Waals surface area contributed by atoms with Gasteiger partial charge in [0.15, 0.2) is 0 Å². The van der Waals surface area contributed by atoms with Crippen LogP contribution in [0.5, 0.6) is 0 Å². The molecule has 0 aliphatic heterocycles. The van der Waals surface area contributed by atoms with Crippen LogP contribution in [0.2, 0.25) is 20.1 Å². The van der Waals surface area contributed by atoms with Crippen LogP contribution >= 0.6 is 46.4 Å². The molecule has 0 radical (unpaired) electrons. The molecular weight excluding hydrogens is 314 g/mol. The van der Waals surface area contributed by atoms with Crippen molar-refractivity contribution in [3.8, 4) is 0 Å². The van der Waals surface area contributed by atoms with E-state index in [1.165, 1.54) is 6.07 Å². The lowest BCUT2D eigenvalue weighted by Gasteiger charge is -2.04. The Labute approximate surface area is 124 Å². The van der Waals surface area contributed by atoms with E-state index in [9.17, 15) is 0 Å². The summed E-state index contributed by atoms with van der Waals surface area (Å²) in [7, 11) is 0. The molecule has 6 heteroatoms. The average Bonchev–Trinajstić information content (AvgIpc) is 2.37. The van der Waals surface area contributed by atoms with Crippen molar-refractivity contribution in [2.24, 2.45) is 10.2 Å². The quantitative estimate of drug-likeness (QED) is 0.333. The first-order valence-corrected chi connectivity index (χ1v) is 6.40. The first-order chi connectivity index (χ1) is 8.59. The fraction of sp³-hybridized carbons (Fsp3) is 0. The Bertz CT molecular complexity index is 597. The lowest BCUT2D eigenvalue weighted by atomic mass is 10.3. The molecule has 0 atom stereocenters. The van der Waals surface area contributed by atoms with Gasteiger partial charge in [-0.25, -0.2) is 0 Å². The van der Waals surface area contributed by atoms with Crippen molar-refractivity contribution >= 4 is 57.8 Å². The van der Waals surface area contributed by atoms with Crippen LogP contribution in [0.1, 0.15) is 0 Å². The SMILES string of the molecule is Clc1cc(Cl)c(N=Nc2ccccc2)c(Cl)c1Cl. The second kappa shape index (κ2) is 5.89. The Morgan fingerprint density at radius 2 is 1.39 bits per heavy atom. The van der Waals surface area contributed by atoms with E-state index in [2.05, 4.69) is 10.2 Å². The van der Waals surface area contributed by atoms with Crippen LogP contribution in [0.4, 0.5) is 11.4 Å². The third-order valence-electron chi connectivity index (χ3n) is 2.11. The summed E-state index contributed by atoms with van der Waals surface area (Å²) in [4.78, 5) is 0. The largest absolute Gasteiger partial charge is 0.150 e. The van der Waals surface area contributed by atoms with Crippen molar-refractivity contribution in [1.29, 1.82) is 0 Å². The highest BCUT2D eigenvalue weighted by atomic mass is 35.5. The number of nitrogens with zero attached hydrogens (tertiary/aromatic N) is 2. The second-order valence-electron chi connectivity index (χ2n) is 3.35. The Hall–Kier alpha value is -0.800. The van der Waals surface area contributed by atoms with Crippen LogP contribution in [-0.4, -0.2) is 0 Å². The van der Waals surface area contributed by atoms with Crippen molar-refractivity contribution in [2.45, 2.75) is 0 Å². The van der Waals surface area contributed by atoms with E-state index in [0.29, 0.717) is 16.4 Å². The third-order valence-corrected chi connectivity index (χ3v) is 3.65. The summed E-state index contributed by atoms with van der Waals surface area (Å²) < 4.78 is 0. The van der Waals surface area contributed by atoms with Crippen molar-refractivity contribution in [3.63, 3.8) is 0 Å². The number of hydrogen-bond donors (Lipinski definition) is 0. The highest BCUT2D eigenvalue weighted by Crippen LogP contribution is 2.43. The molecule has 0 aliphatic carbocycles. The summed E-state index contributed by atoms with van der Waals surface area (Å²) in [5.41, 5.74) is 0.993. The van der Waals surface area contributed by atoms with Crippen molar-refractivity contribution in [2.75, 3.05) is 0 Å². The summed E-state index contributed by atoms with van der Waals surface area (Å²) in [6.07, 6.45) is 0. The molecule has 0 aromatic heterocycles. The number of halogens is 4. The van der Waals surface area contributed by atoms with Crippen LogP contribution in [0.3, 0.4) is 0 Å². The third kappa shape index (κ3) is 2.96. The van der Waals surface area contributed by atoms with E-state index >= 15 is 0 Å². The summed E-state index contributed by atoms with van der Waals surface area (Å²) in [5.74, 6) is 0. The topological polar surface area (TPSA) is 24.7 Å². The van der Waals surface area contributed by atoms with Gasteiger partial charge in [-0.2, -0.15) is 5.11 Å². The standard InChI is InChI=1S/C12H6Cl4N2/c13-8-6-9(14)12(11(16)10(8)15)18-17-7-4-2-1-3-5-7/h1-6H. The maximum Gasteiger partial charge on any atom is 0.124 e. The number of benzene rings is 2. The van der Waals surface area contributed by atoms with E-state index in [1.54, 1.807) is 0 Å². The highest BCUT2D eigenvalue weighted by molar-refractivity contribution is 6.50. The normalized spacial score (nSPS) is 11.1. The summed E-state index contributed by atoms with van der Waals surface area (Å²) in [5, 5.41) is 9.00. The van der Waals surface area contributed by atoms with Gasteiger partial charge in [0.1, 0.15) is 5.69 Å². The van der Waals surface area contributed by atoms with Gasteiger partial charge in [-0.15, -0.1) is 5.11 Å². The second-order valence-corrected chi connectivity index (χ2v) is 4.92. The maximum atomic E-state index is 6.02. The van der Waals surface area contributed by atoms with Crippen LogP contribution in [0.25, 0.3) is 0 Å². The number of hydrogen-bond acceptors (Lipinski definition) is 2. The van der Waals surface area contributed by atoms with E-state index in [4.69, 9.17) is 46.4 Å². The van der Waals surface area contributed by atoms with E-state index in [0.717, 1.165) is 0 Å². The predicted octanol–water partition coefficient (Wildman–Crippen LogP) is 6.72. The fourth-order valence-corrected chi connectivity index (χ4v) is 2.23. The van der Waals surface area contributed by atoms with Gasteiger partial charge in [-0.3, -0.25) is 0 Å². The van der Waals surface area contributed by atoms with E-state index in [1.807, 2.05) is 30.3 Å². The van der Waals surface area contributed by atoms with Gasteiger partial charge in [0.05, 0.1) is 25.8 Å². The van der Waals surface area contributed by atoms with E-state index in [-0.39, 0.29) is 15.1 Å². The Balaban J connectivity index is 2.41. The van der Waals surface area contributed by atoms with Crippen molar-refractivity contribution < 1.29 is 0 Å². The van der Waals surface area contributed by atoms with Crippen molar-refractivity contribution in [3.05, 3.63) is 56.5 Å². The fourth-order valence-electron chi connectivity index (χ4n) is 1.25. The molecular formula is C12H6Cl4N2. The minimum Gasteiger partial charge on any atom is -0.150 e. The van der Waals surface area contributed by atoms with Gasteiger partial charge >= 0.3 is 0 Å². The molecule has 0 aliphatic rings. The molecule has 0 saturated carbocycles. The first-order valence-electron chi connectivity index (χ1n) is 4.89.